The van der Waals surface area contributed by atoms with Crippen LogP contribution in [0.3, 0.4) is 0 Å². The summed E-state index contributed by atoms with van der Waals surface area (Å²) in [4.78, 5) is 24.4. The Kier molecular flexibility index (Phi) is 60.9. The van der Waals surface area contributed by atoms with Gasteiger partial charge in [0, 0.05) is 12.8 Å². The highest BCUT2D eigenvalue weighted by atomic mass is 16.5. The first-order valence-electron chi connectivity index (χ1n) is 33.0. The Bertz CT molecular complexity index is 1080. The Hall–Kier alpha value is -1.40. The van der Waals surface area contributed by atoms with Gasteiger partial charge in [0.15, 0.2) is 0 Å². The normalized spacial score (nSPS) is 12.6. The molecule has 6 heteroatoms. The second-order valence-corrected chi connectivity index (χ2v) is 22.8. The van der Waals surface area contributed by atoms with Gasteiger partial charge >= 0.3 is 5.97 Å². The molecule has 0 spiro atoms. The van der Waals surface area contributed by atoms with Crippen molar-refractivity contribution >= 4 is 11.9 Å². The molecule has 0 aliphatic heterocycles. The molecule has 0 heterocycles. The molecule has 0 radical (unpaired) electrons. The fourth-order valence-electron chi connectivity index (χ4n) is 10.5. The van der Waals surface area contributed by atoms with Crippen LogP contribution in [0, 0.1) is 0 Å². The summed E-state index contributed by atoms with van der Waals surface area (Å²) in [5.41, 5.74) is 0. The van der Waals surface area contributed by atoms with E-state index in [0.717, 1.165) is 38.5 Å². The third kappa shape index (κ3) is 57.9. The summed E-state index contributed by atoms with van der Waals surface area (Å²) in [5.74, 6) is -0.0413. The lowest BCUT2D eigenvalue weighted by Crippen LogP contribution is -2.45. The molecule has 0 aromatic heterocycles. The average Bonchev–Trinajstić information content (AvgIpc) is 3.38. The average molecular weight is 1020 g/mol. The van der Waals surface area contributed by atoms with Gasteiger partial charge in [-0.1, -0.05) is 341 Å². The van der Waals surface area contributed by atoms with E-state index in [-0.39, 0.29) is 18.5 Å². The van der Waals surface area contributed by atoms with Crippen molar-refractivity contribution in [2.75, 3.05) is 13.2 Å². The molecule has 72 heavy (non-hydrogen) atoms. The summed E-state index contributed by atoms with van der Waals surface area (Å²) in [6.45, 7) is 4.90. The Balaban J connectivity index is 3.28. The van der Waals surface area contributed by atoms with Gasteiger partial charge in [0.2, 0.25) is 5.91 Å². The highest BCUT2D eigenvalue weighted by molar-refractivity contribution is 5.76. The second-order valence-electron chi connectivity index (χ2n) is 22.8. The first kappa shape index (κ1) is 70.6. The molecule has 0 saturated carbocycles. The number of carbonyl (C=O) groups excluding carboxylic acids is 2. The Labute approximate surface area is 450 Å². The van der Waals surface area contributed by atoms with Crippen molar-refractivity contribution in [1.29, 1.82) is 0 Å². The number of aliphatic hydroxyl groups is 2. The molecule has 0 aromatic carbocycles. The van der Waals surface area contributed by atoms with Gasteiger partial charge in [-0.15, -0.1) is 0 Å². The summed E-state index contributed by atoms with van der Waals surface area (Å²) in [5, 5.41) is 23.0. The lowest BCUT2D eigenvalue weighted by Gasteiger charge is -2.20. The zero-order chi connectivity index (χ0) is 52.2. The number of ether oxygens (including phenoxy) is 1. The zero-order valence-electron chi connectivity index (χ0n) is 48.9. The minimum atomic E-state index is -0.837. The SMILES string of the molecule is CCCCCCCCC/C=C/C(O)C(CO)NC(=O)CCCCCCCCCCCCCCCCCCCCCCCCCCCCCCCCCCCCCOC(=O)CCCCCCCCCCCCC. The topological polar surface area (TPSA) is 95.9 Å². The van der Waals surface area contributed by atoms with Gasteiger partial charge in [0.05, 0.1) is 25.4 Å². The molecule has 0 fully saturated rings. The largest absolute Gasteiger partial charge is 0.466 e. The molecule has 428 valence electrons. The van der Waals surface area contributed by atoms with E-state index in [0.29, 0.717) is 19.4 Å². The summed E-state index contributed by atoms with van der Waals surface area (Å²) < 4.78 is 5.48. The molecule has 6 nitrogen and oxygen atoms in total. The van der Waals surface area contributed by atoms with Gasteiger partial charge in [-0.25, -0.2) is 0 Å². The van der Waals surface area contributed by atoms with E-state index in [2.05, 4.69) is 19.2 Å². The first-order valence-corrected chi connectivity index (χ1v) is 33.0. The van der Waals surface area contributed by atoms with Gasteiger partial charge in [-0.2, -0.15) is 0 Å². The van der Waals surface area contributed by atoms with Crippen molar-refractivity contribution in [3.05, 3.63) is 12.2 Å². The number of hydrogen-bond donors (Lipinski definition) is 3. The van der Waals surface area contributed by atoms with Crippen LogP contribution >= 0.6 is 0 Å². The standard InChI is InChI=1S/C66H129NO5/c1-3-5-7-9-11-13-39-44-48-52-56-60-66(71)72-61-57-53-49-45-41-38-36-34-32-30-28-26-24-22-20-18-16-14-15-17-19-21-23-25-27-29-31-33-35-37-40-43-47-51-55-59-65(70)67-63(62-68)64(69)58-54-50-46-42-12-10-8-6-4-2/h54,58,63-64,68-69H,3-53,55-57,59-62H2,1-2H3,(H,67,70)/b58-54+. The van der Waals surface area contributed by atoms with Crippen LogP contribution in [0.25, 0.3) is 0 Å². The number of esters is 1. The van der Waals surface area contributed by atoms with Crippen LogP contribution in [-0.2, 0) is 14.3 Å². The maximum absolute atomic E-state index is 12.4. The molecular formula is C66H129NO5. The minimum absolute atomic E-state index is 0.0225. The molecule has 0 aliphatic rings. The predicted octanol–water partition coefficient (Wildman–Crippen LogP) is 20.8. The fourth-order valence-corrected chi connectivity index (χ4v) is 10.5. The lowest BCUT2D eigenvalue weighted by molar-refractivity contribution is -0.143. The van der Waals surface area contributed by atoms with Gasteiger partial charge < -0.3 is 20.3 Å². The molecule has 0 aromatic rings. The van der Waals surface area contributed by atoms with Gasteiger partial charge in [0.25, 0.3) is 0 Å². The van der Waals surface area contributed by atoms with E-state index in [1.54, 1.807) is 6.08 Å². The van der Waals surface area contributed by atoms with E-state index in [4.69, 9.17) is 4.74 Å². The summed E-state index contributed by atoms with van der Waals surface area (Å²) in [7, 11) is 0. The highest BCUT2D eigenvalue weighted by Gasteiger charge is 2.18. The number of allylic oxidation sites excluding steroid dienone is 1. The highest BCUT2D eigenvalue weighted by Crippen LogP contribution is 2.19. The van der Waals surface area contributed by atoms with Gasteiger partial charge in [-0.05, 0) is 32.1 Å². The summed E-state index contributed by atoms with van der Waals surface area (Å²) >= 11 is 0. The first-order chi connectivity index (χ1) is 35.5. The number of unbranched alkanes of at least 4 members (excludes halogenated alkanes) is 51. The molecule has 0 saturated heterocycles. The molecule has 0 aliphatic carbocycles. The molecule has 1 amide bonds. The van der Waals surface area contributed by atoms with E-state index < -0.39 is 12.1 Å². The quantitative estimate of drug-likeness (QED) is 0.0320. The Morgan fingerprint density at radius 1 is 0.375 bits per heavy atom. The number of hydrogen-bond acceptors (Lipinski definition) is 5. The predicted molar refractivity (Wildman–Crippen MR) is 315 cm³/mol. The lowest BCUT2D eigenvalue weighted by atomic mass is 10.0. The van der Waals surface area contributed by atoms with Crippen LogP contribution in [0.1, 0.15) is 373 Å². The van der Waals surface area contributed by atoms with Crippen molar-refractivity contribution in [3.8, 4) is 0 Å². The number of rotatable bonds is 62. The van der Waals surface area contributed by atoms with Gasteiger partial charge in [0.1, 0.15) is 0 Å². The minimum Gasteiger partial charge on any atom is -0.466 e. The Morgan fingerprint density at radius 3 is 0.944 bits per heavy atom. The second kappa shape index (κ2) is 62.1. The number of aliphatic hydroxyl groups excluding tert-OH is 2. The molecule has 2 unspecified atom stereocenters. The van der Waals surface area contributed by atoms with Crippen LogP contribution in [0.5, 0.6) is 0 Å². The van der Waals surface area contributed by atoms with Crippen molar-refractivity contribution in [3.63, 3.8) is 0 Å². The third-order valence-corrected chi connectivity index (χ3v) is 15.6. The Morgan fingerprint density at radius 2 is 0.639 bits per heavy atom. The number of amides is 1. The van der Waals surface area contributed by atoms with Crippen LogP contribution in [-0.4, -0.2) is 47.4 Å². The molecule has 3 N–H and O–H groups in total. The molecule has 2 atom stereocenters. The van der Waals surface area contributed by atoms with Crippen molar-refractivity contribution in [2.24, 2.45) is 0 Å². The van der Waals surface area contributed by atoms with E-state index in [9.17, 15) is 19.8 Å². The molecule has 0 rings (SSSR count). The number of nitrogens with one attached hydrogen (secondary N) is 1. The summed E-state index contributed by atoms with van der Waals surface area (Å²) in [6, 6.07) is -0.620. The smallest absolute Gasteiger partial charge is 0.305 e. The van der Waals surface area contributed by atoms with Crippen molar-refractivity contribution < 1.29 is 24.5 Å². The molecular weight excluding hydrogens is 887 g/mol. The van der Waals surface area contributed by atoms with E-state index in [1.165, 1.54) is 308 Å². The van der Waals surface area contributed by atoms with Crippen LogP contribution in [0.2, 0.25) is 0 Å². The third-order valence-electron chi connectivity index (χ3n) is 15.6. The maximum Gasteiger partial charge on any atom is 0.305 e. The van der Waals surface area contributed by atoms with Crippen LogP contribution in [0.4, 0.5) is 0 Å². The van der Waals surface area contributed by atoms with Gasteiger partial charge in [-0.3, -0.25) is 9.59 Å². The van der Waals surface area contributed by atoms with Crippen LogP contribution < -0.4 is 5.32 Å². The fraction of sp³-hybridized carbons (Fsp3) is 0.939. The zero-order valence-corrected chi connectivity index (χ0v) is 48.9. The maximum atomic E-state index is 12.4. The van der Waals surface area contributed by atoms with E-state index >= 15 is 0 Å². The molecule has 0 bridgehead atoms. The summed E-state index contributed by atoms with van der Waals surface area (Å²) in [6.07, 6.45) is 75.9. The number of carbonyl (C=O) groups is 2. The van der Waals surface area contributed by atoms with E-state index in [1.807, 2.05) is 6.08 Å². The monoisotopic (exact) mass is 1020 g/mol. The van der Waals surface area contributed by atoms with Crippen LogP contribution in [0.15, 0.2) is 12.2 Å². The van der Waals surface area contributed by atoms with Crippen molar-refractivity contribution in [1.82, 2.24) is 5.32 Å². The van der Waals surface area contributed by atoms with Crippen molar-refractivity contribution in [2.45, 2.75) is 386 Å².